The lowest BCUT2D eigenvalue weighted by atomic mass is 10.4. The first-order chi connectivity index (χ1) is 2.91. The van der Waals surface area contributed by atoms with Crippen LogP contribution >= 0.6 is 24.8 Å². The van der Waals surface area contributed by atoms with Gasteiger partial charge in [0, 0.05) is 0 Å². The third-order valence-electron chi connectivity index (χ3n) is 0.569. The third kappa shape index (κ3) is 16.3. The number of hydrogen-bond donors (Lipinski definition) is 1. The van der Waals surface area contributed by atoms with Gasteiger partial charge in [-0.1, -0.05) is 12.2 Å². The highest BCUT2D eigenvalue weighted by molar-refractivity contribution is 5.85. The first kappa shape index (κ1) is 15.7. The van der Waals surface area contributed by atoms with E-state index >= 15 is 0 Å². The largest absolute Gasteiger partial charge is 0.330 e. The molecular weight excluding hydrogens is 145 g/mol. The van der Waals surface area contributed by atoms with Crippen LogP contribution in [0.25, 0.3) is 0 Å². The van der Waals surface area contributed by atoms with Gasteiger partial charge in [0.05, 0.1) is 0 Å². The maximum absolute atomic E-state index is 5.16. The molecule has 0 aromatic rings. The molecule has 0 fully saturated rings. The van der Waals surface area contributed by atoms with E-state index in [1.54, 1.807) is 0 Å². The first-order valence-corrected chi connectivity index (χ1v) is 2.23. The SMILES string of the molecule is CC=CCCN.Cl.Cl. The van der Waals surface area contributed by atoms with E-state index < -0.39 is 0 Å². The zero-order chi connectivity index (χ0) is 4.83. The Balaban J connectivity index is -0.000000125. The van der Waals surface area contributed by atoms with Crippen molar-refractivity contribution in [1.82, 2.24) is 0 Å². The molecule has 0 radical (unpaired) electrons. The van der Waals surface area contributed by atoms with Crippen molar-refractivity contribution in [3.05, 3.63) is 12.2 Å². The Morgan fingerprint density at radius 1 is 1.38 bits per heavy atom. The van der Waals surface area contributed by atoms with Crippen LogP contribution in [-0.2, 0) is 0 Å². The van der Waals surface area contributed by atoms with Crippen LogP contribution in [0.3, 0.4) is 0 Å². The number of hydrogen-bond acceptors (Lipinski definition) is 1. The van der Waals surface area contributed by atoms with E-state index in [1.165, 1.54) is 0 Å². The molecule has 52 valence electrons. The highest BCUT2D eigenvalue weighted by atomic mass is 35.5. The van der Waals surface area contributed by atoms with E-state index in [0.717, 1.165) is 13.0 Å². The van der Waals surface area contributed by atoms with Gasteiger partial charge in [-0.25, -0.2) is 0 Å². The molecule has 0 bridgehead atoms. The van der Waals surface area contributed by atoms with E-state index in [1.807, 2.05) is 13.0 Å². The van der Waals surface area contributed by atoms with Crippen LogP contribution in [0.4, 0.5) is 0 Å². The Hall–Kier alpha value is 0.280. The molecule has 0 saturated heterocycles. The topological polar surface area (TPSA) is 26.0 Å². The van der Waals surface area contributed by atoms with E-state index in [4.69, 9.17) is 5.73 Å². The smallest absolute Gasteiger partial charge is 0.00426 e. The van der Waals surface area contributed by atoms with Crippen molar-refractivity contribution in [2.75, 3.05) is 6.54 Å². The molecule has 0 aromatic carbocycles. The van der Waals surface area contributed by atoms with Crippen LogP contribution < -0.4 is 5.73 Å². The zero-order valence-electron chi connectivity index (χ0n) is 4.96. The van der Waals surface area contributed by atoms with Crippen LogP contribution in [-0.4, -0.2) is 6.54 Å². The lowest BCUT2D eigenvalue weighted by molar-refractivity contribution is 1.01. The zero-order valence-corrected chi connectivity index (χ0v) is 6.60. The lowest BCUT2D eigenvalue weighted by Crippen LogP contribution is -1.94. The molecule has 3 heteroatoms. The summed E-state index contributed by atoms with van der Waals surface area (Å²) in [4.78, 5) is 0. The molecule has 0 aliphatic heterocycles. The summed E-state index contributed by atoms with van der Waals surface area (Å²) in [5.41, 5.74) is 5.16. The van der Waals surface area contributed by atoms with Crippen molar-refractivity contribution >= 4 is 24.8 Å². The van der Waals surface area contributed by atoms with Crippen molar-refractivity contribution in [3.8, 4) is 0 Å². The summed E-state index contributed by atoms with van der Waals surface area (Å²) in [6.07, 6.45) is 5.07. The van der Waals surface area contributed by atoms with Crippen LogP contribution in [0.2, 0.25) is 0 Å². The van der Waals surface area contributed by atoms with Crippen LogP contribution in [0.15, 0.2) is 12.2 Å². The second kappa shape index (κ2) is 15.7. The van der Waals surface area contributed by atoms with Gasteiger partial charge in [0.15, 0.2) is 0 Å². The minimum atomic E-state index is 0. The molecule has 0 spiro atoms. The average Bonchev–Trinajstić information content (AvgIpc) is 1.61. The average molecular weight is 158 g/mol. The Labute approximate surface area is 63.2 Å². The molecule has 2 N–H and O–H groups in total. The van der Waals surface area contributed by atoms with Gasteiger partial charge in [-0.2, -0.15) is 0 Å². The first-order valence-electron chi connectivity index (χ1n) is 2.23. The molecule has 0 atom stereocenters. The molecular formula is C5H13Cl2N. The Morgan fingerprint density at radius 2 is 1.88 bits per heavy atom. The van der Waals surface area contributed by atoms with Crippen molar-refractivity contribution in [3.63, 3.8) is 0 Å². The van der Waals surface area contributed by atoms with Crippen molar-refractivity contribution < 1.29 is 0 Å². The standard InChI is InChI=1S/C5H11N.2ClH/c1-2-3-4-5-6;;/h2-3H,4-6H2,1H3;2*1H. The fraction of sp³-hybridized carbons (Fsp3) is 0.600. The Morgan fingerprint density at radius 3 is 2.00 bits per heavy atom. The second-order valence-corrected chi connectivity index (χ2v) is 1.15. The highest BCUT2D eigenvalue weighted by Gasteiger charge is 1.64. The lowest BCUT2D eigenvalue weighted by Gasteiger charge is -1.77. The molecule has 0 aliphatic carbocycles. The molecule has 8 heavy (non-hydrogen) atoms. The fourth-order valence-electron chi connectivity index (χ4n) is 0.263. The van der Waals surface area contributed by atoms with E-state index in [0.29, 0.717) is 0 Å². The summed E-state index contributed by atoms with van der Waals surface area (Å²) in [5.74, 6) is 0. The van der Waals surface area contributed by atoms with Crippen molar-refractivity contribution in [1.29, 1.82) is 0 Å². The molecule has 1 nitrogen and oxygen atoms in total. The van der Waals surface area contributed by atoms with Gasteiger partial charge in [-0.3, -0.25) is 0 Å². The predicted molar refractivity (Wildman–Crippen MR) is 43.0 cm³/mol. The summed E-state index contributed by atoms with van der Waals surface area (Å²) in [6.45, 7) is 2.76. The maximum Gasteiger partial charge on any atom is -0.00426 e. The molecule has 0 unspecified atom stereocenters. The van der Waals surface area contributed by atoms with Gasteiger partial charge >= 0.3 is 0 Å². The second-order valence-electron chi connectivity index (χ2n) is 1.15. The molecule has 0 saturated carbocycles. The normalized spacial score (nSPS) is 7.75. The van der Waals surface area contributed by atoms with E-state index in [9.17, 15) is 0 Å². The fourth-order valence-corrected chi connectivity index (χ4v) is 0.263. The van der Waals surface area contributed by atoms with E-state index in [2.05, 4.69) is 6.08 Å². The Bertz CT molecular complexity index is 45.7. The van der Waals surface area contributed by atoms with Gasteiger partial charge in [0.25, 0.3) is 0 Å². The van der Waals surface area contributed by atoms with Gasteiger partial charge in [0.1, 0.15) is 0 Å². The summed E-state index contributed by atoms with van der Waals surface area (Å²) in [5, 5.41) is 0. The number of nitrogens with two attached hydrogens (primary N) is 1. The Kier molecular flexibility index (Phi) is 30.8. The number of rotatable bonds is 2. The van der Waals surface area contributed by atoms with Crippen molar-refractivity contribution in [2.24, 2.45) is 5.73 Å². The predicted octanol–water partition coefficient (Wildman–Crippen LogP) is 1.75. The number of halogens is 2. The molecule has 0 amide bonds. The van der Waals surface area contributed by atoms with Gasteiger partial charge in [0.2, 0.25) is 0 Å². The quantitative estimate of drug-likeness (QED) is 0.608. The monoisotopic (exact) mass is 157 g/mol. The van der Waals surface area contributed by atoms with Crippen LogP contribution in [0.1, 0.15) is 13.3 Å². The summed E-state index contributed by atoms with van der Waals surface area (Å²) in [6, 6.07) is 0. The summed E-state index contributed by atoms with van der Waals surface area (Å²) >= 11 is 0. The van der Waals surface area contributed by atoms with Crippen LogP contribution in [0, 0.1) is 0 Å². The third-order valence-corrected chi connectivity index (χ3v) is 0.569. The van der Waals surface area contributed by atoms with Crippen molar-refractivity contribution in [2.45, 2.75) is 13.3 Å². The van der Waals surface area contributed by atoms with Gasteiger partial charge in [-0.15, -0.1) is 24.8 Å². The molecule has 0 rings (SSSR count). The molecule has 0 aromatic heterocycles. The maximum atomic E-state index is 5.16. The molecule has 0 aliphatic rings. The minimum Gasteiger partial charge on any atom is -0.330 e. The summed E-state index contributed by atoms with van der Waals surface area (Å²) in [7, 11) is 0. The van der Waals surface area contributed by atoms with Gasteiger partial charge in [-0.05, 0) is 19.9 Å². The van der Waals surface area contributed by atoms with E-state index in [-0.39, 0.29) is 24.8 Å². The highest BCUT2D eigenvalue weighted by Crippen LogP contribution is 1.73. The van der Waals surface area contributed by atoms with Crippen LogP contribution in [0.5, 0.6) is 0 Å². The summed E-state index contributed by atoms with van der Waals surface area (Å²) < 4.78 is 0. The number of allylic oxidation sites excluding steroid dienone is 1. The van der Waals surface area contributed by atoms with Gasteiger partial charge < -0.3 is 5.73 Å². The minimum absolute atomic E-state index is 0. The molecule has 0 heterocycles.